The Morgan fingerprint density at radius 3 is 3.07 bits per heavy atom. The molecule has 0 aromatic carbocycles. The minimum Gasteiger partial charge on any atom is -0.308 e. The number of aromatic nitrogens is 1. The van der Waals surface area contributed by atoms with Crippen LogP contribution < -0.4 is 5.32 Å². The second-order valence-corrected chi connectivity index (χ2v) is 4.65. The zero-order valence-electron chi connectivity index (χ0n) is 9.42. The molecule has 0 radical (unpaired) electrons. The van der Waals surface area contributed by atoms with Crippen LogP contribution in [0.15, 0.2) is 6.20 Å². The quantitative estimate of drug-likeness (QED) is 0.591. The summed E-state index contributed by atoms with van der Waals surface area (Å²) in [5.41, 5.74) is 0. The average Bonchev–Trinajstić information content (AvgIpc) is 2.72. The zero-order chi connectivity index (χ0) is 11.1. The summed E-state index contributed by atoms with van der Waals surface area (Å²) in [6.45, 7) is 5.27. The van der Waals surface area contributed by atoms with Gasteiger partial charge in [0.2, 0.25) is 0 Å². The monoisotopic (exact) mass is 222 g/mol. The van der Waals surface area contributed by atoms with Gasteiger partial charge in [-0.2, -0.15) is 0 Å². The zero-order valence-corrected chi connectivity index (χ0v) is 10.2. The Bertz CT molecular complexity index is 325. The molecule has 1 heterocycles. The van der Waals surface area contributed by atoms with E-state index in [1.54, 1.807) is 11.3 Å². The molecule has 1 atom stereocenters. The predicted octanol–water partition coefficient (Wildman–Crippen LogP) is 2.77. The summed E-state index contributed by atoms with van der Waals surface area (Å²) in [6, 6.07) is 0.341. The number of nitrogens with one attached hydrogen (secondary N) is 1. The number of nitrogens with zero attached hydrogens (tertiary/aromatic N) is 1. The second kappa shape index (κ2) is 6.60. The first-order valence-corrected chi connectivity index (χ1v) is 6.21. The van der Waals surface area contributed by atoms with Gasteiger partial charge in [-0.25, -0.2) is 4.98 Å². The van der Waals surface area contributed by atoms with Gasteiger partial charge < -0.3 is 5.32 Å². The number of aryl methyl sites for hydroxylation is 1. The van der Waals surface area contributed by atoms with Crippen LogP contribution >= 0.6 is 11.3 Å². The van der Waals surface area contributed by atoms with Crippen molar-refractivity contribution in [3.63, 3.8) is 0 Å². The Morgan fingerprint density at radius 1 is 1.67 bits per heavy atom. The van der Waals surface area contributed by atoms with Crippen molar-refractivity contribution in [1.29, 1.82) is 0 Å². The molecular formula is C12H18N2S. The van der Waals surface area contributed by atoms with Gasteiger partial charge in [-0.3, -0.25) is 0 Å². The van der Waals surface area contributed by atoms with Crippen molar-refractivity contribution < 1.29 is 0 Å². The molecule has 82 valence electrons. The van der Waals surface area contributed by atoms with E-state index in [4.69, 9.17) is 6.42 Å². The van der Waals surface area contributed by atoms with E-state index in [0.29, 0.717) is 6.04 Å². The van der Waals surface area contributed by atoms with Crippen LogP contribution in [0.5, 0.6) is 0 Å². The number of hydrogen-bond donors (Lipinski definition) is 1. The Hall–Kier alpha value is -0.850. The lowest BCUT2D eigenvalue weighted by Crippen LogP contribution is -2.19. The highest BCUT2D eigenvalue weighted by atomic mass is 32.1. The lowest BCUT2D eigenvalue weighted by Gasteiger charge is -2.09. The highest BCUT2D eigenvalue weighted by Crippen LogP contribution is 2.19. The Balaban J connectivity index is 2.33. The number of thiazole rings is 1. The topological polar surface area (TPSA) is 24.9 Å². The molecule has 0 saturated carbocycles. The highest BCUT2D eigenvalue weighted by molar-refractivity contribution is 7.11. The fourth-order valence-corrected chi connectivity index (χ4v) is 2.17. The van der Waals surface area contributed by atoms with Crippen molar-refractivity contribution in [1.82, 2.24) is 10.3 Å². The van der Waals surface area contributed by atoms with Gasteiger partial charge in [0.15, 0.2) is 0 Å². The molecule has 0 saturated heterocycles. The lowest BCUT2D eigenvalue weighted by atomic mass is 10.3. The fourth-order valence-electron chi connectivity index (χ4n) is 1.28. The average molecular weight is 222 g/mol. The fraction of sp³-hybridized carbons (Fsp3) is 0.583. The molecular weight excluding hydrogens is 204 g/mol. The molecule has 15 heavy (non-hydrogen) atoms. The van der Waals surface area contributed by atoms with Crippen LogP contribution in [0.2, 0.25) is 0 Å². The molecule has 0 spiro atoms. The molecule has 0 bridgehead atoms. The van der Waals surface area contributed by atoms with E-state index >= 15 is 0 Å². The van der Waals surface area contributed by atoms with E-state index in [0.717, 1.165) is 25.8 Å². The molecule has 0 aliphatic heterocycles. The van der Waals surface area contributed by atoms with Gasteiger partial charge in [-0.05, 0) is 26.3 Å². The first-order valence-electron chi connectivity index (χ1n) is 5.39. The normalized spacial score (nSPS) is 12.3. The van der Waals surface area contributed by atoms with Crippen LogP contribution in [-0.4, -0.2) is 11.5 Å². The van der Waals surface area contributed by atoms with Crippen molar-refractivity contribution in [2.45, 2.75) is 39.2 Å². The first kappa shape index (κ1) is 12.2. The predicted molar refractivity (Wildman–Crippen MR) is 66.0 cm³/mol. The van der Waals surface area contributed by atoms with Crippen LogP contribution in [0.25, 0.3) is 0 Å². The second-order valence-electron chi connectivity index (χ2n) is 3.50. The van der Waals surface area contributed by atoms with E-state index in [9.17, 15) is 0 Å². The largest absolute Gasteiger partial charge is 0.308 e. The molecule has 1 N–H and O–H groups in total. The van der Waals surface area contributed by atoms with E-state index in [1.807, 2.05) is 6.20 Å². The Labute approximate surface area is 96.1 Å². The van der Waals surface area contributed by atoms with Crippen molar-refractivity contribution in [2.24, 2.45) is 0 Å². The first-order chi connectivity index (χ1) is 7.27. The summed E-state index contributed by atoms with van der Waals surface area (Å²) in [4.78, 5) is 5.75. The molecule has 1 aromatic heterocycles. The minimum absolute atomic E-state index is 0.341. The van der Waals surface area contributed by atoms with Gasteiger partial charge in [0.1, 0.15) is 5.01 Å². The van der Waals surface area contributed by atoms with Gasteiger partial charge >= 0.3 is 0 Å². The minimum atomic E-state index is 0.341. The van der Waals surface area contributed by atoms with Crippen molar-refractivity contribution in [2.75, 3.05) is 6.54 Å². The van der Waals surface area contributed by atoms with E-state index in [1.165, 1.54) is 9.88 Å². The number of hydrogen-bond acceptors (Lipinski definition) is 3. The summed E-state index contributed by atoms with van der Waals surface area (Å²) >= 11 is 1.79. The molecule has 1 rings (SSSR count). The van der Waals surface area contributed by atoms with Gasteiger partial charge in [0, 0.05) is 17.5 Å². The van der Waals surface area contributed by atoms with E-state index < -0.39 is 0 Å². The smallest absolute Gasteiger partial charge is 0.109 e. The summed E-state index contributed by atoms with van der Waals surface area (Å²) < 4.78 is 0. The molecule has 2 nitrogen and oxygen atoms in total. The third-order valence-electron chi connectivity index (χ3n) is 2.24. The number of rotatable bonds is 6. The maximum Gasteiger partial charge on any atom is 0.109 e. The number of unbranched alkanes of at least 4 members (excludes halogenated alkanes) is 1. The van der Waals surface area contributed by atoms with Crippen LogP contribution in [0.3, 0.4) is 0 Å². The van der Waals surface area contributed by atoms with Crippen molar-refractivity contribution in [3.8, 4) is 12.3 Å². The standard InChI is InChI=1S/C12H18N2S/c1-4-6-7-8-13-10(3)12-14-9-11(5-2)15-12/h1,9-10,13H,5-8H2,2-3H3. The van der Waals surface area contributed by atoms with Gasteiger partial charge in [-0.1, -0.05) is 6.92 Å². The van der Waals surface area contributed by atoms with Gasteiger partial charge in [-0.15, -0.1) is 23.7 Å². The molecule has 0 aliphatic rings. The van der Waals surface area contributed by atoms with Crippen molar-refractivity contribution in [3.05, 3.63) is 16.1 Å². The van der Waals surface area contributed by atoms with Crippen molar-refractivity contribution >= 4 is 11.3 Å². The van der Waals surface area contributed by atoms with Crippen LogP contribution in [0.1, 0.15) is 42.6 Å². The highest BCUT2D eigenvalue weighted by Gasteiger charge is 2.08. The molecule has 1 unspecified atom stereocenters. The molecule has 0 aliphatic carbocycles. The van der Waals surface area contributed by atoms with E-state index in [2.05, 4.69) is 30.1 Å². The third kappa shape index (κ3) is 4.03. The van der Waals surface area contributed by atoms with Gasteiger partial charge in [0.25, 0.3) is 0 Å². The number of terminal acetylenes is 1. The SMILES string of the molecule is C#CCCCNC(C)c1ncc(CC)s1. The summed E-state index contributed by atoms with van der Waals surface area (Å²) in [5, 5.41) is 4.60. The van der Waals surface area contributed by atoms with Crippen LogP contribution in [0.4, 0.5) is 0 Å². The molecule has 1 aromatic rings. The molecule has 0 amide bonds. The van der Waals surface area contributed by atoms with Gasteiger partial charge in [0.05, 0.1) is 6.04 Å². The molecule has 0 fully saturated rings. The third-order valence-corrected chi connectivity index (χ3v) is 3.56. The Morgan fingerprint density at radius 2 is 2.47 bits per heavy atom. The lowest BCUT2D eigenvalue weighted by molar-refractivity contribution is 0.560. The summed E-state index contributed by atoms with van der Waals surface area (Å²) in [7, 11) is 0. The molecule has 3 heteroatoms. The maximum atomic E-state index is 5.19. The van der Waals surface area contributed by atoms with E-state index in [-0.39, 0.29) is 0 Å². The Kier molecular flexibility index (Phi) is 5.38. The summed E-state index contributed by atoms with van der Waals surface area (Å²) in [5.74, 6) is 2.64. The van der Waals surface area contributed by atoms with Crippen LogP contribution in [0, 0.1) is 12.3 Å². The van der Waals surface area contributed by atoms with Crippen LogP contribution in [-0.2, 0) is 6.42 Å². The maximum absolute atomic E-state index is 5.19. The summed E-state index contributed by atoms with van der Waals surface area (Å²) in [6.07, 6.45) is 10.1.